The molecular formula is C20H18N2O6. The number of ether oxygens (including phenoxy) is 1. The second-order valence-electron chi connectivity index (χ2n) is 5.77. The number of benzene rings is 2. The highest BCUT2D eigenvalue weighted by atomic mass is 16.6. The first kappa shape index (κ1) is 20.5. The molecule has 0 heterocycles. The first-order chi connectivity index (χ1) is 13.4. The lowest BCUT2D eigenvalue weighted by Crippen LogP contribution is -2.24. The van der Waals surface area contributed by atoms with Crippen molar-refractivity contribution in [2.24, 2.45) is 0 Å². The van der Waals surface area contributed by atoms with Crippen LogP contribution in [-0.4, -0.2) is 28.6 Å². The van der Waals surface area contributed by atoms with Gasteiger partial charge in [-0.3, -0.25) is 10.1 Å². The molecule has 0 fully saturated rings. The molecule has 2 aromatic rings. The van der Waals surface area contributed by atoms with Gasteiger partial charge in [0.05, 0.1) is 10.5 Å². The summed E-state index contributed by atoms with van der Waals surface area (Å²) in [5.41, 5.74) is 0.702. The molecule has 0 aliphatic heterocycles. The van der Waals surface area contributed by atoms with E-state index in [-0.39, 0.29) is 42.0 Å². The number of aromatic carboxylic acids is 1. The third kappa shape index (κ3) is 5.85. The molecule has 0 saturated carbocycles. The van der Waals surface area contributed by atoms with Gasteiger partial charge in [-0.15, -0.1) is 0 Å². The minimum Gasteiger partial charge on any atom is -0.478 e. The number of nitro benzene ring substituents is 1. The molecule has 144 valence electrons. The molecule has 28 heavy (non-hydrogen) atoms. The molecule has 0 aliphatic carbocycles. The molecule has 0 aromatic heterocycles. The van der Waals surface area contributed by atoms with Crippen molar-refractivity contribution in [2.45, 2.75) is 20.0 Å². The molecule has 1 amide bonds. The van der Waals surface area contributed by atoms with Crippen LogP contribution in [0.2, 0.25) is 0 Å². The Morgan fingerprint density at radius 3 is 2.61 bits per heavy atom. The highest BCUT2D eigenvalue weighted by Gasteiger charge is 2.19. The first-order valence-electron chi connectivity index (χ1n) is 8.34. The Balaban J connectivity index is 1.89. The molecule has 0 spiro atoms. The van der Waals surface area contributed by atoms with Gasteiger partial charge in [-0.1, -0.05) is 42.2 Å². The van der Waals surface area contributed by atoms with Crippen molar-refractivity contribution in [3.63, 3.8) is 0 Å². The summed E-state index contributed by atoms with van der Waals surface area (Å²) in [6, 6.07) is 11.8. The van der Waals surface area contributed by atoms with Crippen molar-refractivity contribution in [3.8, 4) is 11.8 Å². The summed E-state index contributed by atoms with van der Waals surface area (Å²) in [7, 11) is 0. The monoisotopic (exact) mass is 382 g/mol. The van der Waals surface area contributed by atoms with Crippen LogP contribution in [0, 0.1) is 28.9 Å². The smallest absolute Gasteiger partial charge is 0.407 e. The Morgan fingerprint density at radius 1 is 1.25 bits per heavy atom. The molecule has 0 atom stereocenters. The second-order valence-corrected chi connectivity index (χ2v) is 5.77. The number of hydrogen-bond donors (Lipinski definition) is 2. The molecule has 2 aromatic carbocycles. The second kappa shape index (κ2) is 9.73. The third-order valence-electron chi connectivity index (χ3n) is 3.77. The van der Waals surface area contributed by atoms with Gasteiger partial charge in [0.25, 0.3) is 5.69 Å². The fourth-order valence-electron chi connectivity index (χ4n) is 2.35. The zero-order valence-corrected chi connectivity index (χ0v) is 15.1. The van der Waals surface area contributed by atoms with Crippen LogP contribution in [0.4, 0.5) is 10.5 Å². The quantitative estimate of drug-likeness (QED) is 0.342. The summed E-state index contributed by atoms with van der Waals surface area (Å²) in [4.78, 5) is 33.3. The predicted octanol–water partition coefficient (Wildman–Crippen LogP) is 3.27. The van der Waals surface area contributed by atoms with E-state index in [1.807, 2.05) is 30.3 Å². The number of carboxylic acids is 1. The van der Waals surface area contributed by atoms with Crippen molar-refractivity contribution in [1.29, 1.82) is 0 Å². The fourth-order valence-corrected chi connectivity index (χ4v) is 2.35. The average Bonchev–Trinajstić information content (AvgIpc) is 2.67. The van der Waals surface area contributed by atoms with Crippen molar-refractivity contribution < 1.29 is 24.4 Å². The van der Waals surface area contributed by atoms with Crippen molar-refractivity contribution in [2.75, 3.05) is 6.54 Å². The summed E-state index contributed by atoms with van der Waals surface area (Å²) in [5.74, 6) is 4.17. The van der Waals surface area contributed by atoms with Gasteiger partial charge in [-0.2, -0.15) is 0 Å². The van der Waals surface area contributed by atoms with E-state index >= 15 is 0 Å². The van der Waals surface area contributed by atoms with Crippen molar-refractivity contribution in [3.05, 3.63) is 74.8 Å². The Morgan fingerprint density at radius 2 is 1.96 bits per heavy atom. The lowest BCUT2D eigenvalue weighted by molar-refractivity contribution is -0.385. The van der Waals surface area contributed by atoms with Crippen LogP contribution >= 0.6 is 0 Å². The molecule has 0 radical (unpaired) electrons. The van der Waals surface area contributed by atoms with Crippen LogP contribution in [0.15, 0.2) is 42.5 Å². The first-order valence-corrected chi connectivity index (χ1v) is 8.34. The highest BCUT2D eigenvalue weighted by Crippen LogP contribution is 2.23. The maximum Gasteiger partial charge on any atom is 0.407 e. The van der Waals surface area contributed by atoms with Crippen molar-refractivity contribution >= 4 is 17.7 Å². The maximum atomic E-state index is 11.6. The van der Waals surface area contributed by atoms with Gasteiger partial charge < -0.3 is 15.2 Å². The fraction of sp³-hybridized carbons (Fsp3) is 0.200. The third-order valence-corrected chi connectivity index (χ3v) is 3.77. The van der Waals surface area contributed by atoms with E-state index in [0.717, 1.165) is 5.56 Å². The van der Waals surface area contributed by atoms with E-state index in [2.05, 4.69) is 17.2 Å². The normalized spacial score (nSPS) is 9.75. The number of nitro groups is 1. The molecule has 0 saturated heterocycles. The standard InChI is InChI=1S/C20H18N2O6/c1-14-17(19(23)24)11-16(12-18(14)22(26)27)9-5-6-10-21-20(25)28-13-15-7-3-2-4-8-15/h2-4,7-8,11-12H,6,10,13H2,1H3,(H,21,25)(H,23,24). The number of rotatable bonds is 6. The molecule has 8 heteroatoms. The number of alkyl carbamates (subject to hydrolysis) is 1. The van der Waals surface area contributed by atoms with Gasteiger partial charge in [-0.25, -0.2) is 9.59 Å². The molecule has 2 rings (SSSR count). The average molecular weight is 382 g/mol. The Kier molecular flexibility index (Phi) is 7.11. The Bertz CT molecular complexity index is 909. The van der Waals surface area contributed by atoms with Crippen LogP contribution in [0.3, 0.4) is 0 Å². The zero-order chi connectivity index (χ0) is 20.5. The van der Waals surface area contributed by atoms with Gasteiger partial charge >= 0.3 is 12.1 Å². The van der Waals surface area contributed by atoms with Gasteiger partial charge in [0.15, 0.2) is 0 Å². The van der Waals surface area contributed by atoms with Gasteiger partial charge in [0.2, 0.25) is 0 Å². The number of carbonyl (C=O) groups excluding carboxylic acids is 1. The molecule has 2 N–H and O–H groups in total. The summed E-state index contributed by atoms with van der Waals surface area (Å²) < 4.78 is 5.05. The van der Waals surface area contributed by atoms with Crippen LogP contribution in [0.5, 0.6) is 0 Å². The summed E-state index contributed by atoms with van der Waals surface area (Å²) in [6.07, 6.45) is -0.311. The van der Waals surface area contributed by atoms with E-state index in [1.54, 1.807) is 0 Å². The van der Waals surface area contributed by atoms with E-state index in [1.165, 1.54) is 19.1 Å². The SMILES string of the molecule is Cc1c(C(=O)O)cc(C#CCCNC(=O)OCc2ccccc2)cc1[N+](=O)[O-]. The minimum absolute atomic E-state index is 0.0749. The number of nitrogens with zero attached hydrogens (tertiary/aromatic N) is 1. The van der Waals surface area contributed by atoms with E-state index in [0.29, 0.717) is 0 Å². The lowest BCUT2D eigenvalue weighted by Gasteiger charge is -2.05. The summed E-state index contributed by atoms with van der Waals surface area (Å²) in [6.45, 7) is 1.76. The largest absolute Gasteiger partial charge is 0.478 e. The number of nitrogens with one attached hydrogen (secondary N) is 1. The van der Waals surface area contributed by atoms with Crippen LogP contribution in [0.1, 0.15) is 33.5 Å². The predicted molar refractivity (Wildman–Crippen MR) is 101 cm³/mol. The summed E-state index contributed by atoms with van der Waals surface area (Å²) in [5, 5.41) is 22.8. The van der Waals surface area contributed by atoms with Gasteiger partial charge in [-0.05, 0) is 18.6 Å². The van der Waals surface area contributed by atoms with E-state index in [9.17, 15) is 19.7 Å². The van der Waals surface area contributed by atoms with Crippen LogP contribution in [0.25, 0.3) is 0 Å². The number of amides is 1. The molecule has 8 nitrogen and oxygen atoms in total. The molecule has 0 aliphatic rings. The lowest BCUT2D eigenvalue weighted by atomic mass is 10.0. The summed E-state index contributed by atoms with van der Waals surface area (Å²) >= 11 is 0. The van der Waals surface area contributed by atoms with Gasteiger partial charge in [0.1, 0.15) is 6.61 Å². The minimum atomic E-state index is -1.26. The zero-order valence-electron chi connectivity index (χ0n) is 15.1. The van der Waals surface area contributed by atoms with Gasteiger partial charge in [0, 0.05) is 30.2 Å². The van der Waals surface area contributed by atoms with E-state index < -0.39 is 17.0 Å². The number of carbonyl (C=O) groups is 2. The Hall–Kier alpha value is -3.86. The van der Waals surface area contributed by atoms with Crippen molar-refractivity contribution in [1.82, 2.24) is 5.32 Å². The van der Waals surface area contributed by atoms with Crippen LogP contribution < -0.4 is 5.32 Å². The highest BCUT2D eigenvalue weighted by molar-refractivity contribution is 5.91. The number of hydrogen-bond acceptors (Lipinski definition) is 5. The Labute approximate surface area is 161 Å². The molecule has 0 unspecified atom stereocenters. The molecular weight excluding hydrogens is 364 g/mol. The van der Waals surface area contributed by atoms with E-state index in [4.69, 9.17) is 9.84 Å². The topological polar surface area (TPSA) is 119 Å². The maximum absolute atomic E-state index is 11.6. The van der Waals surface area contributed by atoms with Crippen LogP contribution in [-0.2, 0) is 11.3 Å². The molecule has 0 bridgehead atoms. The number of carboxylic acid groups (broad SMARTS) is 1.